The zero-order valence-corrected chi connectivity index (χ0v) is 14.2. The molecule has 2 fully saturated rings. The van der Waals surface area contributed by atoms with Crippen LogP contribution in [0.15, 0.2) is 12.1 Å². The zero-order chi connectivity index (χ0) is 16.1. The average Bonchev–Trinajstić information content (AvgIpc) is 2.33. The first-order chi connectivity index (χ1) is 10.3. The molecule has 0 atom stereocenters. The summed E-state index contributed by atoms with van der Waals surface area (Å²) in [6.45, 7) is 11.7. The van der Waals surface area contributed by atoms with Gasteiger partial charge in [0.05, 0.1) is 31.4 Å². The molecular weight excluding hydrogens is 278 g/mol. The first kappa shape index (κ1) is 15.3. The summed E-state index contributed by atoms with van der Waals surface area (Å²) in [7, 11) is 1.71. The number of carbonyl (C=O) groups excluding carboxylic acids is 1. The summed E-state index contributed by atoms with van der Waals surface area (Å²) in [6.07, 6.45) is 0. The fourth-order valence-electron chi connectivity index (χ4n) is 3.33. The highest BCUT2D eigenvalue weighted by molar-refractivity contribution is 5.96. The van der Waals surface area contributed by atoms with Gasteiger partial charge in [-0.25, -0.2) is 0 Å². The average molecular weight is 303 g/mol. The van der Waals surface area contributed by atoms with Crippen LogP contribution in [0, 0.1) is 5.41 Å². The van der Waals surface area contributed by atoms with Gasteiger partial charge in [-0.05, 0) is 24.5 Å². The number of ketones is 1. The van der Waals surface area contributed by atoms with Crippen molar-refractivity contribution in [1.29, 1.82) is 0 Å². The van der Waals surface area contributed by atoms with Crippen LogP contribution >= 0.6 is 0 Å². The molecule has 0 aromatic heterocycles. The molecule has 0 saturated carbocycles. The Hall–Kier alpha value is -1.55. The summed E-state index contributed by atoms with van der Waals surface area (Å²) in [5.74, 6) is 0.990. The van der Waals surface area contributed by atoms with Crippen molar-refractivity contribution < 1.29 is 14.3 Å². The van der Waals surface area contributed by atoms with E-state index >= 15 is 0 Å². The molecule has 1 aromatic carbocycles. The zero-order valence-electron chi connectivity index (χ0n) is 14.2. The molecule has 1 aromatic rings. The van der Waals surface area contributed by atoms with Crippen molar-refractivity contribution in [3.05, 3.63) is 23.3 Å². The van der Waals surface area contributed by atoms with Gasteiger partial charge in [0.2, 0.25) is 0 Å². The number of anilines is 1. The molecule has 4 nitrogen and oxygen atoms in total. The third-order valence-electron chi connectivity index (χ3n) is 4.70. The summed E-state index contributed by atoms with van der Waals surface area (Å²) in [4.78, 5) is 14.2. The summed E-state index contributed by atoms with van der Waals surface area (Å²) in [5.41, 5.74) is 3.14. The monoisotopic (exact) mass is 303 g/mol. The number of rotatable bonds is 3. The molecule has 4 heteroatoms. The lowest BCUT2D eigenvalue weighted by Crippen LogP contribution is -2.66. The number of Topliss-reactive ketones (excluding diaryl/α,β-unsaturated/α-hetero) is 1. The topological polar surface area (TPSA) is 38.8 Å². The molecule has 22 heavy (non-hydrogen) atoms. The fraction of sp³-hybridized carbons (Fsp3) is 0.611. The predicted molar refractivity (Wildman–Crippen MR) is 87.2 cm³/mol. The molecule has 0 radical (unpaired) electrons. The number of ether oxygens (including phenoxy) is 2. The Morgan fingerprint density at radius 3 is 2.32 bits per heavy atom. The molecule has 1 spiro atoms. The van der Waals surface area contributed by atoms with Crippen molar-refractivity contribution in [2.45, 2.75) is 33.1 Å². The summed E-state index contributed by atoms with van der Waals surface area (Å²) in [5, 5.41) is 0. The lowest BCUT2D eigenvalue weighted by atomic mass is 9.77. The van der Waals surface area contributed by atoms with Crippen molar-refractivity contribution in [2.75, 3.05) is 38.3 Å². The standard InChI is InChI=1S/C18H25NO3/c1-12(20)13-6-14(17(2,3)4)16(21-5)15(7-13)19-8-18(9-19)10-22-11-18/h6-7H,8-11H2,1-5H3. The van der Waals surface area contributed by atoms with E-state index in [1.54, 1.807) is 14.0 Å². The van der Waals surface area contributed by atoms with Gasteiger partial charge in [-0.3, -0.25) is 4.79 Å². The van der Waals surface area contributed by atoms with Gasteiger partial charge < -0.3 is 14.4 Å². The number of benzene rings is 1. The van der Waals surface area contributed by atoms with Crippen molar-refractivity contribution in [1.82, 2.24) is 0 Å². The summed E-state index contributed by atoms with van der Waals surface area (Å²) in [6, 6.07) is 3.95. The first-order valence-electron chi connectivity index (χ1n) is 7.82. The first-order valence-corrected chi connectivity index (χ1v) is 7.82. The van der Waals surface area contributed by atoms with Crippen LogP contribution in [-0.2, 0) is 10.2 Å². The van der Waals surface area contributed by atoms with Crippen LogP contribution in [0.5, 0.6) is 5.75 Å². The largest absolute Gasteiger partial charge is 0.494 e. The summed E-state index contributed by atoms with van der Waals surface area (Å²) < 4.78 is 11.1. The number of nitrogens with zero attached hydrogens (tertiary/aromatic N) is 1. The van der Waals surface area contributed by atoms with Gasteiger partial charge in [-0.15, -0.1) is 0 Å². The smallest absolute Gasteiger partial charge is 0.159 e. The minimum absolute atomic E-state index is 0.0757. The molecule has 120 valence electrons. The van der Waals surface area contributed by atoms with Crippen LogP contribution in [0.1, 0.15) is 43.6 Å². The van der Waals surface area contributed by atoms with Crippen LogP contribution in [0.2, 0.25) is 0 Å². The molecule has 0 amide bonds. The van der Waals surface area contributed by atoms with Gasteiger partial charge in [0, 0.05) is 24.2 Å². The minimum Gasteiger partial charge on any atom is -0.494 e. The second kappa shape index (κ2) is 4.98. The van der Waals surface area contributed by atoms with Crippen molar-refractivity contribution in [3.63, 3.8) is 0 Å². The minimum atomic E-state index is -0.0757. The Labute approximate surface area is 132 Å². The van der Waals surface area contributed by atoms with Crippen LogP contribution in [0.4, 0.5) is 5.69 Å². The second-order valence-corrected chi connectivity index (χ2v) is 7.73. The Morgan fingerprint density at radius 1 is 1.27 bits per heavy atom. The Morgan fingerprint density at radius 2 is 1.91 bits per heavy atom. The van der Waals surface area contributed by atoms with Crippen LogP contribution in [0.3, 0.4) is 0 Å². The molecule has 2 saturated heterocycles. The van der Waals surface area contributed by atoms with Gasteiger partial charge in [0.25, 0.3) is 0 Å². The van der Waals surface area contributed by atoms with Crippen molar-refractivity contribution >= 4 is 11.5 Å². The molecular formula is C18H25NO3. The lowest BCUT2D eigenvalue weighted by molar-refractivity contribution is -0.127. The maximum Gasteiger partial charge on any atom is 0.159 e. The van der Waals surface area contributed by atoms with E-state index in [4.69, 9.17) is 9.47 Å². The Balaban J connectivity index is 2.03. The fourth-order valence-corrected chi connectivity index (χ4v) is 3.33. The normalized spacial score (nSPS) is 19.6. The maximum atomic E-state index is 11.9. The van der Waals surface area contributed by atoms with Gasteiger partial charge in [0.1, 0.15) is 5.75 Å². The molecule has 0 unspecified atom stereocenters. The molecule has 2 aliphatic rings. The van der Waals surface area contributed by atoms with Crippen LogP contribution < -0.4 is 9.64 Å². The van der Waals surface area contributed by atoms with E-state index < -0.39 is 0 Å². The second-order valence-electron chi connectivity index (χ2n) is 7.73. The van der Waals surface area contributed by atoms with Gasteiger partial charge in [-0.1, -0.05) is 20.8 Å². The van der Waals surface area contributed by atoms with Gasteiger partial charge in [0.15, 0.2) is 5.78 Å². The Bertz CT molecular complexity index is 603. The summed E-state index contributed by atoms with van der Waals surface area (Å²) >= 11 is 0. The molecule has 0 bridgehead atoms. The quantitative estimate of drug-likeness (QED) is 0.805. The molecule has 2 heterocycles. The maximum absolute atomic E-state index is 11.9. The van der Waals surface area contributed by atoms with Gasteiger partial charge in [-0.2, -0.15) is 0 Å². The van der Waals surface area contributed by atoms with E-state index in [1.807, 2.05) is 12.1 Å². The molecule has 3 rings (SSSR count). The predicted octanol–water partition coefficient (Wildman–Crippen LogP) is 3.03. The van der Waals surface area contributed by atoms with E-state index in [9.17, 15) is 4.79 Å². The lowest BCUT2D eigenvalue weighted by Gasteiger charge is -2.56. The molecule has 2 aliphatic heterocycles. The number of carbonyl (C=O) groups is 1. The van der Waals surface area contributed by atoms with Crippen molar-refractivity contribution in [3.8, 4) is 5.75 Å². The number of methoxy groups -OCH3 is 1. The van der Waals surface area contributed by atoms with E-state index in [0.29, 0.717) is 5.41 Å². The Kier molecular flexibility index (Phi) is 3.48. The molecule has 0 N–H and O–H groups in total. The van der Waals surface area contributed by atoms with Crippen LogP contribution in [-0.4, -0.2) is 39.2 Å². The van der Waals surface area contributed by atoms with E-state index in [0.717, 1.165) is 48.9 Å². The highest BCUT2D eigenvalue weighted by Gasteiger charge is 2.49. The highest BCUT2D eigenvalue weighted by atomic mass is 16.5. The van der Waals surface area contributed by atoms with E-state index in [1.165, 1.54) is 0 Å². The van der Waals surface area contributed by atoms with E-state index in [2.05, 4.69) is 25.7 Å². The van der Waals surface area contributed by atoms with E-state index in [-0.39, 0.29) is 11.2 Å². The third kappa shape index (κ3) is 2.39. The third-order valence-corrected chi connectivity index (χ3v) is 4.70. The van der Waals surface area contributed by atoms with Gasteiger partial charge >= 0.3 is 0 Å². The molecule has 0 aliphatic carbocycles. The van der Waals surface area contributed by atoms with Crippen molar-refractivity contribution in [2.24, 2.45) is 5.41 Å². The number of hydrogen-bond donors (Lipinski definition) is 0. The highest BCUT2D eigenvalue weighted by Crippen LogP contribution is 2.46. The van der Waals surface area contributed by atoms with Crippen LogP contribution in [0.25, 0.3) is 0 Å². The number of hydrogen-bond acceptors (Lipinski definition) is 4. The SMILES string of the molecule is COc1c(N2CC3(COC3)C2)cc(C(C)=O)cc1C(C)(C)C.